The number of allylic oxidation sites excluding steroid dienone is 4. The molecule has 0 bridgehead atoms. The molecule has 1 aliphatic carbocycles. The number of benzene rings is 1. The van der Waals surface area contributed by atoms with Crippen LogP contribution >= 0.6 is 0 Å². The molecule has 0 saturated heterocycles. The van der Waals surface area contributed by atoms with E-state index in [9.17, 15) is 0 Å². The van der Waals surface area contributed by atoms with Gasteiger partial charge in [-0.2, -0.15) is 6.08 Å². The summed E-state index contributed by atoms with van der Waals surface area (Å²) in [6.45, 7) is 6.24. The molecule has 0 fully saturated rings. The van der Waals surface area contributed by atoms with Gasteiger partial charge in [0.25, 0.3) is 0 Å². The Bertz CT molecular complexity index is 313. The van der Waals surface area contributed by atoms with Gasteiger partial charge in [-0.1, -0.05) is 42.9 Å². The number of hydrogen-bond acceptors (Lipinski definition) is 0. The Morgan fingerprint density at radius 2 is 1.68 bits per heavy atom. The van der Waals surface area contributed by atoms with Crippen molar-refractivity contribution in [3.63, 3.8) is 0 Å². The maximum atomic E-state index is 7.22. The van der Waals surface area contributed by atoms with E-state index in [1.807, 2.05) is 37.3 Å². The van der Waals surface area contributed by atoms with Crippen LogP contribution in [0.15, 0.2) is 42.5 Å². The van der Waals surface area contributed by atoms with Crippen LogP contribution in [-0.4, -0.2) is 9.52 Å². The smallest absolute Gasteiger partial charge is 1.00 e. The Morgan fingerprint density at radius 3 is 1.89 bits per heavy atom. The predicted octanol–water partition coefficient (Wildman–Crippen LogP) is -1.22. The van der Waals surface area contributed by atoms with E-state index < -0.39 is 0 Å². The third kappa shape index (κ3) is 18.2. The van der Waals surface area contributed by atoms with Crippen LogP contribution in [0.2, 0.25) is 13.1 Å². The van der Waals surface area contributed by atoms with Gasteiger partial charge in [0.2, 0.25) is 0 Å². The quantitative estimate of drug-likeness (QED) is 0.330. The largest absolute Gasteiger partial charge is 4.00 e. The molecule has 0 atom stereocenters. The molecule has 0 aliphatic heterocycles. The fourth-order valence-corrected chi connectivity index (χ4v) is 0.913. The molecule has 19 heavy (non-hydrogen) atoms. The molecule has 1 aromatic rings. The summed E-state index contributed by atoms with van der Waals surface area (Å²) in [7, 11) is 1.08. The molecule has 1 N–H and O–H groups in total. The normalized spacial score (nSPS) is 9.42. The summed E-state index contributed by atoms with van der Waals surface area (Å²) in [6.07, 6.45) is 10.0. The first-order valence-electron chi connectivity index (χ1n) is 5.29. The van der Waals surface area contributed by atoms with Gasteiger partial charge in [0.05, 0.1) is 0 Å². The monoisotopic (exact) mass is 479 g/mol. The molecular formula is C14H19Cl2HfNSi. The van der Waals surface area contributed by atoms with Crippen molar-refractivity contribution in [3.05, 3.63) is 59.9 Å². The van der Waals surface area contributed by atoms with Crippen LogP contribution in [0.4, 0.5) is 5.69 Å². The van der Waals surface area contributed by atoms with Gasteiger partial charge in [0.1, 0.15) is 0 Å². The summed E-state index contributed by atoms with van der Waals surface area (Å²) in [4.78, 5) is 0. The molecule has 1 aromatic carbocycles. The van der Waals surface area contributed by atoms with Gasteiger partial charge in [-0.05, 0) is 6.92 Å². The summed E-state index contributed by atoms with van der Waals surface area (Å²) in [5.74, 6) is 0. The third-order valence-electron chi connectivity index (χ3n) is 1.73. The Morgan fingerprint density at radius 1 is 1.16 bits per heavy atom. The minimum Gasteiger partial charge on any atom is -1.00 e. The molecule has 0 spiro atoms. The van der Waals surface area contributed by atoms with Gasteiger partial charge in [-0.25, -0.2) is 12.2 Å². The summed E-state index contributed by atoms with van der Waals surface area (Å²) < 4.78 is 0. The summed E-state index contributed by atoms with van der Waals surface area (Å²) in [6, 6.07) is 7.53. The van der Waals surface area contributed by atoms with E-state index in [-0.39, 0.29) is 50.7 Å². The van der Waals surface area contributed by atoms with E-state index in [4.69, 9.17) is 5.73 Å². The number of rotatable bonds is 0. The van der Waals surface area contributed by atoms with E-state index in [0.29, 0.717) is 5.69 Å². The van der Waals surface area contributed by atoms with Crippen LogP contribution < -0.4 is 24.8 Å². The average Bonchev–Trinajstić information content (AvgIpc) is 2.82. The van der Waals surface area contributed by atoms with Gasteiger partial charge >= 0.3 is 25.8 Å². The number of nitrogens with one attached hydrogen (secondary N) is 1. The predicted molar refractivity (Wildman–Crippen MR) is 74.2 cm³/mol. The minimum atomic E-state index is 0. The molecule has 0 saturated carbocycles. The average molecular weight is 479 g/mol. The van der Waals surface area contributed by atoms with E-state index in [1.165, 1.54) is 0 Å². The van der Waals surface area contributed by atoms with Gasteiger partial charge in [0, 0.05) is 9.52 Å². The van der Waals surface area contributed by atoms with Crippen molar-refractivity contribution in [3.8, 4) is 0 Å². The molecule has 0 heterocycles. The summed E-state index contributed by atoms with van der Waals surface area (Å²) in [5.41, 5.74) is 8.87. The number of aryl methyl sites for hydroxylation is 1. The molecule has 0 aromatic heterocycles. The molecule has 102 valence electrons. The minimum absolute atomic E-state index is 0. The van der Waals surface area contributed by atoms with Crippen LogP contribution in [0.1, 0.15) is 12.0 Å². The van der Waals surface area contributed by atoms with E-state index in [2.05, 4.69) is 25.2 Å². The standard InChI is InChI=1S/C7H8N.C5H5.C2H6Si.2ClH.Hf/c1-6-4-2-3-5-7(6)8;1-2-4-5-3-1;1-3-2;;;/h2-5,8H,1H3;1-3H,4H2;1-2H3;2*1H;/q2*-1;;;;+4/p-2. The van der Waals surface area contributed by atoms with Crippen LogP contribution in [0.3, 0.4) is 0 Å². The fourth-order valence-electron chi connectivity index (χ4n) is 0.913. The fraction of sp³-hybridized carbons (Fsp3) is 0.286. The molecule has 0 unspecified atom stereocenters. The molecular weight excluding hydrogens is 460 g/mol. The zero-order valence-corrected chi connectivity index (χ0v) is 17.6. The van der Waals surface area contributed by atoms with Crippen molar-refractivity contribution in [2.24, 2.45) is 0 Å². The molecule has 0 amide bonds. The molecule has 1 nitrogen and oxygen atoms in total. The topological polar surface area (TPSA) is 23.8 Å². The van der Waals surface area contributed by atoms with E-state index in [0.717, 1.165) is 21.5 Å². The van der Waals surface area contributed by atoms with E-state index >= 15 is 0 Å². The Labute approximate surface area is 151 Å². The SMILES string of the molecule is C[Si]C.Cc1ccccc1[NH-].[C-]1=CC=CC1.[Cl-].[Cl-].[Hf+4]. The van der Waals surface area contributed by atoms with E-state index in [1.54, 1.807) is 6.07 Å². The Balaban J connectivity index is -0.0000000907. The summed E-state index contributed by atoms with van der Waals surface area (Å²) >= 11 is 0. The second-order valence-corrected chi connectivity index (χ2v) is 4.32. The zero-order valence-electron chi connectivity index (χ0n) is 11.5. The molecule has 2 rings (SSSR count). The van der Waals surface area contributed by atoms with Gasteiger partial charge in [0.15, 0.2) is 0 Å². The first-order chi connectivity index (χ1) is 7.72. The number of hydrogen-bond donors (Lipinski definition) is 0. The van der Waals surface area contributed by atoms with Crippen molar-refractivity contribution in [1.82, 2.24) is 0 Å². The third-order valence-corrected chi connectivity index (χ3v) is 1.73. The first kappa shape index (κ1) is 27.5. The van der Waals surface area contributed by atoms with Crippen LogP contribution in [0.5, 0.6) is 0 Å². The second-order valence-electron chi connectivity index (χ2n) is 3.32. The van der Waals surface area contributed by atoms with Gasteiger partial charge in [-0.3, -0.25) is 6.08 Å². The van der Waals surface area contributed by atoms with Crippen LogP contribution in [-0.2, 0) is 25.8 Å². The van der Waals surface area contributed by atoms with Crippen molar-refractivity contribution >= 4 is 15.2 Å². The first-order valence-corrected chi connectivity index (χ1v) is 7.29. The van der Waals surface area contributed by atoms with Crippen molar-refractivity contribution in [2.45, 2.75) is 26.4 Å². The molecule has 1 aliphatic rings. The van der Waals surface area contributed by atoms with Gasteiger partial charge < -0.3 is 30.5 Å². The van der Waals surface area contributed by atoms with Crippen molar-refractivity contribution in [2.75, 3.05) is 0 Å². The van der Waals surface area contributed by atoms with Gasteiger partial charge in [-0.15, -0.1) is 12.1 Å². The Kier molecular flexibility index (Phi) is 29.6. The van der Waals surface area contributed by atoms with Crippen molar-refractivity contribution in [1.29, 1.82) is 0 Å². The molecule has 5 heteroatoms. The summed E-state index contributed by atoms with van der Waals surface area (Å²) in [5, 5.41) is 0. The maximum absolute atomic E-state index is 7.22. The zero-order chi connectivity index (χ0) is 12.2. The maximum Gasteiger partial charge on any atom is 4.00 e. The number of halogens is 2. The van der Waals surface area contributed by atoms with Crippen LogP contribution in [0.25, 0.3) is 5.73 Å². The van der Waals surface area contributed by atoms with Crippen molar-refractivity contribution < 1.29 is 50.7 Å². The second kappa shape index (κ2) is 20.5. The van der Waals surface area contributed by atoms with Crippen LogP contribution in [0, 0.1) is 13.0 Å². The Hall–Kier alpha value is 0.167. The molecule has 2 radical (unpaired) electrons.